The molecule has 26 heavy (non-hydrogen) atoms. The Morgan fingerprint density at radius 3 is 2.73 bits per heavy atom. The van der Waals surface area contributed by atoms with Gasteiger partial charge in [-0.3, -0.25) is 14.9 Å². The summed E-state index contributed by atoms with van der Waals surface area (Å²) in [6.45, 7) is 2.53. The van der Waals surface area contributed by atoms with Crippen LogP contribution in [0.1, 0.15) is 12.0 Å². The summed E-state index contributed by atoms with van der Waals surface area (Å²) in [6.07, 6.45) is 0.791. The molecule has 1 aliphatic rings. The van der Waals surface area contributed by atoms with Crippen molar-refractivity contribution >= 4 is 17.3 Å². The first-order valence-electron chi connectivity index (χ1n) is 8.10. The van der Waals surface area contributed by atoms with Gasteiger partial charge in [0.1, 0.15) is 0 Å². The second kappa shape index (κ2) is 7.73. The molecule has 0 saturated heterocycles. The number of fused-ring (bicyclic) bond motifs is 1. The Labute approximate surface area is 149 Å². The molecule has 8 nitrogen and oxygen atoms in total. The number of carbonyl (C=O) groups excluding carboxylic acids is 1. The maximum atomic E-state index is 12.1. The van der Waals surface area contributed by atoms with Crippen molar-refractivity contribution in [3.05, 3.63) is 52.1 Å². The molecule has 8 heteroatoms. The van der Waals surface area contributed by atoms with Gasteiger partial charge in [0, 0.05) is 24.2 Å². The number of anilines is 1. The van der Waals surface area contributed by atoms with Crippen LogP contribution in [0, 0.1) is 17.0 Å². The molecular formula is C18H18N2O6. The van der Waals surface area contributed by atoms with Crippen LogP contribution < -0.4 is 19.5 Å². The van der Waals surface area contributed by atoms with Crippen molar-refractivity contribution in [2.24, 2.45) is 0 Å². The molecule has 136 valence electrons. The lowest BCUT2D eigenvalue weighted by molar-refractivity contribution is -0.385. The Morgan fingerprint density at radius 2 is 1.96 bits per heavy atom. The third-order valence-corrected chi connectivity index (χ3v) is 3.70. The highest BCUT2D eigenvalue weighted by atomic mass is 16.6. The fraction of sp³-hybridized carbons (Fsp3) is 0.278. The molecule has 0 unspecified atom stereocenters. The standard InChI is InChI=1S/C18H18N2O6/c1-12-3-5-15(14(9-12)20(22)23)26-11-18(21)19-13-4-6-16-17(10-13)25-8-2-7-24-16/h3-6,9-10H,2,7-8,11H2,1H3,(H,19,21). The van der Waals surface area contributed by atoms with Crippen LogP contribution in [-0.2, 0) is 4.79 Å². The van der Waals surface area contributed by atoms with E-state index in [0.717, 1.165) is 12.0 Å². The summed E-state index contributed by atoms with van der Waals surface area (Å²) in [5.74, 6) is 0.811. The van der Waals surface area contributed by atoms with Gasteiger partial charge in [0.05, 0.1) is 18.1 Å². The van der Waals surface area contributed by atoms with E-state index in [-0.39, 0.29) is 18.0 Å². The number of nitrogens with one attached hydrogen (secondary N) is 1. The van der Waals surface area contributed by atoms with E-state index in [1.165, 1.54) is 12.1 Å². The lowest BCUT2D eigenvalue weighted by Crippen LogP contribution is -2.20. The number of nitro groups is 1. The summed E-state index contributed by atoms with van der Waals surface area (Å²) in [5, 5.41) is 13.7. The van der Waals surface area contributed by atoms with Crippen molar-refractivity contribution in [3.63, 3.8) is 0 Å². The molecule has 0 bridgehead atoms. The molecule has 0 radical (unpaired) electrons. The van der Waals surface area contributed by atoms with E-state index in [0.29, 0.717) is 30.4 Å². The third kappa shape index (κ3) is 4.21. The summed E-state index contributed by atoms with van der Waals surface area (Å²) in [5.41, 5.74) is 1.09. The summed E-state index contributed by atoms with van der Waals surface area (Å²) >= 11 is 0. The lowest BCUT2D eigenvalue weighted by Gasteiger charge is -2.11. The zero-order valence-corrected chi connectivity index (χ0v) is 14.2. The van der Waals surface area contributed by atoms with Gasteiger partial charge in [0.2, 0.25) is 0 Å². The van der Waals surface area contributed by atoms with E-state index < -0.39 is 10.8 Å². The van der Waals surface area contributed by atoms with E-state index in [9.17, 15) is 14.9 Å². The molecule has 0 aromatic heterocycles. The molecule has 2 aromatic carbocycles. The van der Waals surface area contributed by atoms with E-state index >= 15 is 0 Å². The van der Waals surface area contributed by atoms with Crippen LogP contribution in [0.5, 0.6) is 17.2 Å². The van der Waals surface area contributed by atoms with Gasteiger partial charge in [-0.2, -0.15) is 0 Å². The molecule has 1 heterocycles. The van der Waals surface area contributed by atoms with Crippen molar-refractivity contribution in [2.75, 3.05) is 25.1 Å². The highest BCUT2D eigenvalue weighted by Crippen LogP contribution is 2.32. The Hall–Kier alpha value is -3.29. The molecule has 1 N–H and O–H groups in total. The van der Waals surface area contributed by atoms with Crippen molar-refractivity contribution in [2.45, 2.75) is 13.3 Å². The SMILES string of the molecule is Cc1ccc(OCC(=O)Nc2ccc3c(c2)OCCCO3)c([N+](=O)[O-])c1. The predicted octanol–water partition coefficient (Wildman–Crippen LogP) is 3.08. The minimum atomic E-state index is -0.538. The fourth-order valence-corrected chi connectivity index (χ4v) is 2.47. The van der Waals surface area contributed by atoms with Crippen LogP contribution in [0.15, 0.2) is 36.4 Å². The molecule has 0 fully saturated rings. The molecule has 0 spiro atoms. The number of aryl methyl sites for hydroxylation is 1. The minimum Gasteiger partial charge on any atom is -0.490 e. The average Bonchev–Trinajstić information content (AvgIpc) is 2.85. The molecule has 0 atom stereocenters. The maximum absolute atomic E-state index is 12.1. The number of hydrogen-bond donors (Lipinski definition) is 1. The highest BCUT2D eigenvalue weighted by molar-refractivity contribution is 5.92. The minimum absolute atomic E-state index is 0.0504. The molecule has 0 aliphatic carbocycles. The number of nitrogens with zero attached hydrogens (tertiary/aromatic N) is 1. The van der Waals surface area contributed by atoms with Crippen LogP contribution in [0.2, 0.25) is 0 Å². The second-order valence-electron chi connectivity index (χ2n) is 5.78. The summed E-state index contributed by atoms with van der Waals surface area (Å²) in [7, 11) is 0. The molecule has 1 aliphatic heterocycles. The van der Waals surface area contributed by atoms with Crippen LogP contribution in [0.25, 0.3) is 0 Å². The average molecular weight is 358 g/mol. The summed E-state index contributed by atoms with van der Waals surface area (Å²) < 4.78 is 16.4. The van der Waals surface area contributed by atoms with E-state index in [4.69, 9.17) is 14.2 Å². The maximum Gasteiger partial charge on any atom is 0.311 e. The van der Waals surface area contributed by atoms with Crippen molar-refractivity contribution in [1.82, 2.24) is 0 Å². The topological polar surface area (TPSA) is 99.9 Å². The number of nitro benzene ring substituents is 1. The Morgan fingerprint density at radius 1 is 1.19 bits per heavy atom. The largest absolute Gasteiger partial charge is 0.490 e. The lowest BCUT2D eigenvalue weighted by atomic mass is 10.2. The van der Waals surface area contributed by atoms with Crippen LogP contribution in [0.4, 0.5) is 11.4 Å². The fourth-order valence-electron chi connectivity index (χ4n) is 2.47. The second-order valence-corrected chi connectivity index (χ2v) is 5.78. The van der Waals surface area contributed by atoms with Crippen molar-refractivity contribution < 1.29 is 23.9 Å². The molecule has 2 aromatic rings. The smallest absolute Gasteiger partial charge is 0.311 e. The van der Waals surface area contributed by atoms with Gasteiger partial charge in [0.15, 0.2) is 23.9 Å². The van der Waals surface area contributed by atoms with Gasteiger partial charge in [-0.05, 0) is 30.7 Å². The van der Waals surface area contributed by atoms with Crippen molar-refractivity contribution in [1.29, 1.82) is 0 Å². The van der Waals surface area contributed by atoms with Gasteiger partial charge in [-0.25, -0.2) is 0 Å². The van der Waals surface area contributed by atoms with Gasteiger partial charge >= 0.3 is 5.69 Å². The third-order valence-electron chi connectivity index (χ3n) is 3.70. The number of carbonyl (C=O) groups is 1. The Kier molecular flexibility index (Phi) is 5.21. The molecule has 1 amide bonds. The van der Waals surface area contributed by atoms with Crippen LogP contribution >= 0.6 is 0 Å². The van der Waals surface area contributed by atoms with Gasteiger partial charge in [0.25, 0.3) is 5.91 Å². The number of benzene rings is 2. The highest BCUT2D eigenvalue weighted by Gasteiger charge is 2.17. The van der Waals surface area contributed by atoms with E-state index in [1.54, 1.807) is 31.2 Å². The number of hydrogen-bond acceptors (Lipinski definition) is 6. The number of amides is 1. The Bertz CT molecular complexity index is 836. The van der Waals surface area contributed by atoms with Gasteiger partial charge < -0.3 is 19.5 Å². The summed E-state index contributed by atoms with van der Waals surface area (Å²) in [6, 6.07) is 9.66. The number of rotatable bonds is 5. The number of ether oxygens (including phenoxy) is 3. The van der Waals surface area contributed by atoms with Crippen molar-refractivity contribution in [3.8, 4) is 17.2 Å². The van der Waals surface area contributed by atoms with E-state index in [1.807, 2.05) is 0 Å². The first kappa shape index (κ1) is 17.5. The predicted molar refractivity (Wildman–Crippen MR) is 94.0 cm³/mol. The van der Waals surface area contributed by atoms with Gasteiger partial charge in [-0.15, -0.1) is 0 Å². The Balaban J connectivity index is 1.63. The molecule has 0 saturated carbocycles. The normalized spacial score (nSPS) is 12.8. The van der Waals surface area contributed by atoms with Crippen LogP contribution in [0.3, 0.4) is 0 Å². The molecule has 3 rings (SSSR count). The van der Waals surface area contributed by atoms with Gasteiger partial charge in [-0.1, -0.05) is 6.07 Å². The quantitative estimate of drug-likeness (QED) is 0.651. The summed E-state index contributed by atoms with van der Waals surface area (Å²) in [4.78, 5) is 22.6. The zero-order valence-electron chi connectivity index (χ0n) is 14.2. The van der Waals surface area contributed by atoms with E-state index in [2.05, 4.69) is 5.32 Å². The first-order valence-corrected chi connectivity index (χ1v) is 8.10. The van der Waals surface area contributed by atoms with Crippen LogP contribution in [-0.4, -0.2) is 30.7 Å². The first-order chi connectivity index (χ1) is 12.5. The monoisotopic (exact) mass is 358 g/mol. The zero-order chi connectivity index (χ0) is 18.5. The molecular weight excluding hydrogens is 340 g/mol.